The third-order valence-corrected chi connectivity index (χ3v) is 6.18. The molecule has 0 spiro atoms. The van der Waals surface area contributed by atoms with Crippen molar-refractivity contribution in [2.24, 2.45) is 41.4 Å². The van der Waals surface area contributed by atoms with Gasteiger partial charge in [0.2, 0.25) is 0 Å². The fourth-order valence-electron chi connectivity index (χ4n) is 5.83. The number of aliphatic hydroxyl groups is 1. The highest BCUT2D eigenvalue weighted by Crippen LogP contribution is 2.68. The molecular weight excluding hydrogens is 196 g/mol. The second-order valence-electron chi connectivity index (χ2n) is 7.26. The summed E-state index contributed by atoms with van der Waals surface area (Å²) >= 11 is 0. The highest BCUT2D eigenvalue weighted by atomic mass is 16.3. The van der Waals surface area contributed by atoms with Gasteiger partial charge >= 0.3 is 0 Å². The van der Waals surface area contributed by atoms with Gasteiger partial charge < -0.3 is 5.11 Å². The van der Waals surface area contributed by atoms with Crippen LogP contribution in [0.4, 0.5) is 0 Å². The van der Waals surface area contributed by atoms with Crippen LogP contribution in [0.25, 0.3) is 0 Å². The van der Waals surface area contributed by atoms with E-state index >= 15 is 0 Å². The van der Waals surface area contributed by atoms with Crippen LogP contribution in [0.2, 0.25) is 0 Å². The average molecular weight is 218 g/mol. The molecule has 0 saturated heterocycles. The van der Waals surface area contributed by atoms with Gasteiger partial charge in [-0.05, 0) is 74.5 Å². The van der Waals surface area contributed by atoms with Gasteiger partial charge in [-0.3, -0.25) is 0 Å². The first kappa shape index (κ1) is 9.70. The van der Waals surface area contributed by atoms with Gasteiger partial charge in [0, 0.05) is 0 Å². The van der Waals surface area contributed by atoms with Crippen LogP contribution in [0, 0.1) is 41.4 Å². The highest BCUT2D eigenvalue weighted by molar-refractivity contribution is 5.21. The predicted octanol–water partition coefficient (Wildman–Crippen LogP) is 2.85. The zero-order chi connectivity index (χ0) is 11.1. The van der Waals surface area contributed by atoms with Gasteiger partial charge in [-0.2, -0.15) is 0 Å². The van der Waals surface area contributed by atoms with E-state index in [9.17, 15) is 5.11 Å². The molecule has 1 heteroatoms. The van der Waals surface area contributed by atoms with E-state index in [1.807, 2.05) is 13.8 Å². The van der Waals surface area contributed by atoms with Crippen LogP contribution < -0.4 is 0 Å². The van der Waals surface area contributed by atoms with Gasteiger partial charge in [-0.15, -0.1) is 0 Å². The van der Waals surface area contributed by atoms with Crippen molar-refractivity contribution in [3.05, 3.63) is 12.2 Å². The first-order chi connectivity index (χ1) is 7.55. The molecule has 4 aliphatic carbocycles. The second kappa shape index (κ2) is 2.75. The highest BCUT2D eigenvalue weighted by Gasteiger charge is 2.62. The Morgan fingerprint density at radius 3 is 2.38 bits per heavy atom. The van der Waals surface area contributed by atoms with Gasteiger partial charge in [0.1, 0.15) is 0 Å². The van der Waals surface area contributed by atoms with Crippen molar-refractivity contribution >= 4 is 0 Å². The molecule has 16 heavy (non-hydrogen) atoms. The number of hydrogen-bond acceptors (Lipinski definition) is 1. The van der Waals surface area contributed by atoms with E-state index in [0.717, 1.165) is 35.5 Å². The van der Waals surface area contributed by atoms with Crippen molar-refractivity contribution in [2.75, 3.05) is 0 Å². The van der Waals surface area contributed by atoms with E-state index in [0.29, 0.717) is 5.92 Å². The first-order valence-electron chi connectivity index (χ1n) is 6.96. The van der Waals surface area contributed by atoms with Crippen molar-refractivity contribution < 1.29 is 5.11 Å². The lowest BCUT2D eigenvalue weighted by Gasteiger charge is -2.41. The number of hydrogen-bond donors (Lipinski definition) is 1. The third kappa shape index (κ3) is 1.01. The maximum absolute atomic E-state index is 10.3. The summed E-state index contributed by atoms with van der Waals surface area (Å²) in [5, 5.41) is 10.3. The molecule has 0 radical (unpaired) electrons. The Labute approximate surface area is 97.9 Å². The molecule has 1 N–H and O–H groups in total. The Morgan fingerprint density at radius 1 is 1.00 bits per heavy atom. The molecule has 0 aliphatic heterocycles. The lowest BCUT2D eigenvalue weighted by Crippen LogP contribution is -2.41. The van der Waals surface area contributed by atoms with Crippen molar-refractivity contribution in [1.82, 2.24) is 0 Å². The molecule has 4 rings (SSSR count). The molecule has 3 fully saturated rings. The zero-order valence-corrected chi connectivity index (χ0v) is 10.3. The van der Waals surface area contributed by atoms with E-state index in [-0.39, 0.29) is 0 Å². The fraction of sp³-hybridized carbons (Fsp3) is 0.867. The van der Waals surface area contributed by atoms with Crippen LogP contribution in [-0.4, -0.2) is 10.7 Å². The van der Waals surface area contributed by atoms with Gasteiger partial charge in [0.25, 0.3) is 0 Å². The van der Waals surface area contributed by atoms with Crippen LogP contribution >= 0.6 is 0 Å². The number of allylic oxidation sites excluding steroid dienone is 2. The minimum absolute atomic E-state index is 0.448. The molecule has 0 aromatic heterocycles. The molecule has 4 aliphatic rings. The Bertz CT molecular complexity index is 351. The normalized spacial score (nSPS) is 57.3. The molecule has 7 unspecified atom stereocenters. The molecule has 0 aromatic rings. The van der Waals surface area contributed by atoms with Crippen molar-refractivity contribution in [3.8, 4) is 0 Å². The first-order valence-corrected chi connectivity index (χ1v) is 6.96. The molecule has 3 saturated carbocycles. The molecule has 0 amide bonds. The quantitative estimate of drug-likeness (QED) is 0.530. The van der Waals surface area contributed by atoms with Gasteiger partial charge in [0.15, 0.2) is 0 Å². The zero-order valence-electron chi connectivity index (χ0n) is 10.3. The minimum Gasteiger partial charge on any atom is -0.390 e. The van der Waals surface area contributed by atoms with Crippen molar-refractivity contribution in [2.45, 2.75) is 38.7 Å². The molecule has 7 atom stereocenters. The fourth-order valence-corrected chi connectivity index (χ4v) is 5.83. The number of fused-ring (bicyclic) bond motifs is 9. The third-order valence-electron chi connectivity index (χ3n) is 6.18. The van der Waals surface area contributed by atoms with E-state index in [1.165, 1.54) is 19.3 Å². The van der Waals surface area contributed by atoms with Crippen LogP contribution in [-0.2, 0) is 0 Å². The van der Waals surface area contributed by atoms with E-state index in [1.54, 1.807) is 0 Å². The van der Waals surface area contributed by atoms with E-state index in [4.69, 9.17) is 0 Å². The van der Waals surface area contributed by atoms with Crippen molar-refractivity contribution in [1.29, 1.82) is 0 Å². The molecule has 0 heterocycles. The van der Waals surface area contributed by atoms with E-state index in [2.05, 4.69) is 12.2 Å². The Balaban J connectivity index is 1.68. The summed E-state index contributed by atoms with van der Waals surface area (Å²) in [7, 11) is 0. The molecule has 4 bridgehead atoms. The van der Waals surface area contributed by atoms with Crippen LogP contribution in [0.3, 0.4) is 0 Å². The maximum atomic E-state index is 10.3. The second-order valence-corrected chi connectivity index (χ2v) is 7.26. The summed E-state index contributed by atoms with van der Waals surface area (Å²) in [5.74, 6) is 6.06. The summed E-state index contributed by atoms with van der Waals surface area (Å²) in [4.78, 5) is 0. The smallest absolute Gasteiger partial charge is 0.0622 e. The lowest BCUT2D eigenvalue weighted by molar-refractivity contribution is -0.0324. The van der Waals surface area contributed by atoms with Crippen LogP contribution in [0.5, 0.6) is 0 Å². The predicted molar refractivity (Wildman–Crippen MR) is 63.7 cm³/mol. The SMILES string of the molecule is CC(C)(O)C1CC2CC1C1C3C=CC(C3)C21. The molecular formula is C15H22O. The Morgan fingerprint density at radius 2 is 1.69 bits per heavy atom. The van der Waals surface area contributed by atoms with Gasteiger partial charge in [0.05, 0.1) is 5.60 Å². The average Bonchev–Trinajstić information content (AvgIpc) is 2.94. The molecule has 0 aromatic carbocycles. The lowest BCUT2D eigenvalue weighted by atomic mass is 9.66. The summed E-state index contributed by atoms with van der Waals surface area (Å²) < 4.78 is 0. The summed E-state index contributed by atoms with van der Waals surface area (Å²) in [5.41, 5.74) is -0.448. The minimum atomic E-state index is -0.448. The topological polar surface area (TPSA) is 20.2 Å². The standard InChI is InChI=1S/C15H22O/c1-15(2,16)12-7-10-6-11(12)14-9-4-3-8(5-9)13(10)14/h3-4,8-14,16H,5-7H2,1-2H3. The summed E-state index contributed by atoms with van der Waals surface area (Å²) in [6.45, 7) is 4.05. The number of rotatable bonds is 1. The summed E-state index contributed by atoms with van der Waals surface area (Å²) in [6, 6.07) is 0. The maximum Gasteiger partial charge on any atom is 0.0622 e. The van der Waals surface area contributed by atoms with Crippen LogP contribution in [0.15, 0.2) is 12.2 Å². The molecule has 88 valence electrons. The molecule has 1 nitrogen and oxygen atoms in total. The van der Waals surface area contributed by atoms with Gasteiger partial charge in [-0.1, -0.05) is 12.2 Å². The Kier molecular flexibility index (Phi) is 1.66. The van der Waals surface area contributed by atoms with Crippen molar-refractivity contribution in [3.63, 3.8) is 0 Å². The Hall–Kier alpha value is -0.300. The monoisotopic (exact) mass is 218 g/mol. The van der Waals surface area contributed by atoms with Gasteiger partial charge in [-0.25, -0.2) is 0 Å². The largest absolute Gasteiger partial charge is 0.390 e. The van der Waals surface area contributed by atoms with E-state index < -0.39 is 5.60 Å². The summed E-state index contributed by atoms with van der Waals surface area (Å²) in [6.07, 6.45) is 9.12. The van der Waals surface area contributed by atoms with Crippen LogP contribution in [0.1, 0.15) is 33.1 Å².